The number of hydrogen-bond acceptors (Lipinski definition) is 2. The first-order valence-electron chi connectivity index (χ1n) is 7.48. The summed E-state index contributed by atoms with van der Waals surface area (Å²) in [5.74, 6) is 1.01. The molecule has 0 aliphatic heterocycles. The molecule has 19 heavy (non-hydrogen) atoms. The first-order chi connectivity index (χ1) is 9.31. The summed E-state index contributed by atoms with van der Waals surface area (Å²) in [5, 5.41) is 3.54. The van der Waals surface area contributed by atoms with Crippen LogP contribution in [0, 0.1) is 0 Å². The van der Waals surface area contributed by atoms with Gasteiger partial charge in [0.1, 0.15) is 5.75 Å². The maximum Gasteiger partial charge on any atom is 0.119 e. The summed E-state index contributed by atoms with van der Waals surface area (Å²) < 4.78 is 5.76. The lowest BCUT2D eigenvalue weighted by molar-refractivity contribution is 0.303. The highest BCUT2D eigenvalue weighted by molar-refractivity contribution is 5.64. The van der Waals surface area contributed by atoms with Gasteiger partial charge in [-0.2, -0.15) is 0 Å². The maximum atomic E-state index is 5.76. The van der Waals surface area contributed by atoms with Gasteiger partial charge in [0.15, 0.2) is 0 Å². The highest BCUT2D eigenvalue weighted by Crippen LogP contribution is 2.27. The smallest absolute Gasteiger partial charge is 0.119 e. The number of nitrogens with one attached hydrogen (secondary N) is 1. The van der Waals surface area contributed by atoms with Crippen LogP contribution in [0.5, 0.6) is 5.75 Å². The van der Waals surface area contributed by atoms with Gasteiger partial charge in [-0.25, -0.2) is 0 Å². The van der Waals surface area contributed by atoms with Crippen LogP contribution in [0.3, 0.4) is 0 Å². The summed E-state index contributed by atoms with van der Waals surface area (Å²) in [7, 11) is 0. The van der Waals surface area contributed by atoms with Crippen molar-refractivity contribution in [2.45, 2.75) is 51.2 Å². The van der Waals surface area contributed by atoms with Gasteiger partial charge >= 0.3 is 0 Å². The standard InChI is InChI=1S/C17H23NO/c1-13(3-2-12-18-15-6-7-15)14-4-8-16(9-5-14)19-17-10-11-17/h3-5,8-9,15,17-18H,2,6-7,10-12H2,1H3/b13-3-. The fraction of sp³-hybridized carbons (Fsp3) is 0.529. The Hall–Kier alpha value is -1.28. The molecule has 2 aliphatic carbocycles. The van der Waals surface area contributed by atoms with Gasteiger partial charge in [0.25, 0.3) is 0 Å². The fourth-order valence-corrected chi connectivity index (χ4v) is 2.16. The van der Waals surface area contributed by atoms with Crippen LogP contribution < -0.4 is 10.1 Å². The van der Waals surface area contributed by atoms with E-state index >= 15 is 0 Å². The molecule has 0 radical (unpaired) electrons. The van der Waals surface area contributed by atoms with Crippen molar-refractivity contribution in [3.05, 3.63) is 35.9 Å². The molecular weight excluding hydrogens is 234 g/mol. The Morgan fingerprint density at radius 1 is 1.21 bits per heavy atom. The van der Waals surface area contributed by atoms with Crippen molar-refractivity contribution >= 4 is 5.57 Å². The molecule has 1 aromatic rings. The molecule has 102 valence electrons. The van der Waals surface area contributed by atoms with Crippen LogP contribution in [0.2, 0.25) is 0 Å². The molecule has 0 atom stereocenters. The highest BCUT2D eigenvalue weighted by atomic mass is 16.5. The van der Waals surface area contributed by atoms with Gasteiger partial charge in [0.05, 0.1) is 6.10 Å². The second-order valence-electron chi connectivity index (χ2n) is 5.75. The van der Waals surface area contributed by atoms with E-state index in [1.807, 2.05) is 0 Å². The quantitative estimate of drug-likeness (QED) is 0.751. The van der Waals surface area contributed by atoms with Crippen molar-refractivity contribution < 1.29 is 4.74 Å². The van der Waals surface area contributed by atoms with Crippen molar-refractivity contribution in [1.29, 1.82) is 0 Å². The molecule has 0 heterocycles. The van der Waals surface area contributed by atoms with Crippen LogP contribution in [0.25, 0.3) is 5.57 Å². The molecule has 1 N–H and O–H groups in total. The molecule has 0 aromatic heterocycles. The van der Waals surface area contributed by atoms with Crippen molar-refractivity contribution in [3.63, 3.8) is 0 Å². The molecule has 2 nitrogen and oxygen atoms in total. The van der Waals surface area contributed by atoms with E-state index in [1.54, 1.807) is 0 Å². The first-order valence-corrected chi connectivity index (χ1v) is 7.48. The molecule has 2 heteroatoms. The molecule has 0 unspecified atom stereocenters. The van der Waals surface area contributed by atoms with E-state index in [1.165, 1.54) is 36.8 Å². The van der Waals surface area contributed by atoms with E-state index in [0.717, 1.165) is 24.8 Å². The van der Waals surface area contributed by atoms with Gasteiger partial charge in [0, 0.05) is 6.04 Å². The zero-order valence-electron chi connectivity index (χ0n) is 11.7. The first kappa shape index (κ1) is 12.7. The Kier molecular flexibility index (Phi) is 3.88. The number of benzene rings is 1. The number of rotatable bonds is 7. The Bertz CT molecular complexity index is 441. The van der Waals surface area contributed by atoms with E-state index in [-0.39, 0.29) is 0 Å². The van der Waals surface area contributed by atoms with E-state index in [0.29, 0.717) is 6.10 Å². The molecule has 2 fully saturated rings. The van der Waals surface area contributed by atoms with E-state index in [2.05, 4.69) is 42.6 Å². The van der Waals surface area contributed by atoms with Gasteiger partial charge in [-0.15, -0.1) is 0 Å². The van der Waals surface area contributed by atoms with Crippen molar-refractivity contribution in [3.8, 4) is 5.75 Å². The third-order valence-corrected chi connectivity index (χ3v) is 3.74. The lowest BCUT2D eigenvalue weighted by Crippen LogP contribution is -2.16. The lowest BCUT2D eigenvalue weighted by atomic mass is 10.1. The van der Waals surface area contributed by atoms with Crippen LogP contribution in [0.15, 0.2) is 30.3 Å². The average molecular weight is 257 g/mol. The van der Waals surface area contributed by atoms with Crippen LogP contribution in [0.1, 0.15) is 44.6 Å². The Morgan fingerprint density at radius 3 is 2.58 bits per heavy atom. The maximum absolute atomic E-state index is 5.76. The monoisotopic (exact) mass is 257 g/mol. The van der Waals surface area contributed by atoms with Gasteiger partial charge < -0.3 is 10.1 Å². The van der Waals surface area contributed by atoms with Crippen LogP contribution in [-0.4, -0.2) is 18.7 Å². The summed E-state index contributed by atoms with van der Waals surface area (Å²) >= 11 is 0. The molecule has 0 bridgehead atoms. The molecule has 2 saturated carbocycles. The predicted molar refractivity (Wildman–Crippen MR) is 79.4 cm³/mol. The largest absolute Gasteiger partial charge is 0.490 e. The molecule has 0 amide bonds. The minimum Gasteiger partial charge on any atom is -0.490 e. The second kappa shape index (κ2) is 5.79. The number of ether oxygens (including phenoxy) is 1. The van der Waals surface area contributed by atoms with Crippen molar-refractivity contribution in [2.24, 2.45) is 0 Å². The summed E-state index contributed by atoms with van der Waals surface area (Å²) in [6.45, 7) is 3.29. The van der Waals surface area contributed by atoms with Crippen LogP contribution >= 0.6 is 0 Å². The summed E-state index contributed by atoms with van der Waals surface area (Å²) in [6.07, 6.45) is 9.09. The molecule has 1 aromatic carbocycles. The fourth-order valence-electron chi connectivity index (χ4n) is 2.16. The summed E-state index contributed by atoms with van der Waals surface area (Å²) in [5.41, 5.74) is 2.66. The highest BCUT2D eigenvalue weighted by Gasteiger charge is 2.23. The Labute approximate surface area is 115 Å². The minimum atomic E-state index is 0.482. The topological polar surface area (TPSA) is 21.3 Å². The van der Waals surface area contributed by atoms with E-state index in [9.17, 15) is 0 Å². The average Bonchev–Trinajstić information content (AvgIpc) is 3.30. The van der Waals surface area contributed by atoms with Crippen LogP contribution in [-0.2, 0) is 0 Å². The zero-order chi connectivity index (χ0) is 13.1. The number of allylic oxidation sites excluding steroid dienone is 1. The molecular formula is C17H23NO. The molecule has 0 spiro atoms. The van der Waals surface area contributed by atoms with Gasteiger partial charge in [0.2, 0.25) is 0 Å². The molecule has 2 aliphatic rings. The predicted octanol–water partition coefficient (Wildman–Crippen LogP) is 3.77. The molecule has 3 rings (SSSR count). The van der Waals surface area contributed by atoms with Crippen LogP contribution in [0.4, 0.5) is 0 Å². The minimum absolute atomic E-state index is 0.482. The Morgan fingerprint density at radius 2 is 1.95 bits per heavy atom. The third kappa shape index (κ3) is 4.10. The van der Waals surface area contributed by atoms with Gasteiger partial charge in [-0.3, -0.25) is 0 Å². The van der Waals surface area contributed by atoms with Crippen molar-refractivity contribution in [1.82, 2.24) is 5.32 Å². The SMILES string of the molecule is C/C(=C/CCNC1CC1)c1ccc(OC2CC2)cc1. The lowest BCUT2D eigenvalue weighted by Gasteiger charge is -2.06. The summed E-state index contributed by atoms with van der Waals surface area (Å²) in [6, 6.07) is 9.32. The van der Waals surface area contributed by atoms with E-state index in [4.69, 9.17) is 4.74 Å². The third-order valence-electron chi connectivity index (χ3n) is 3.74. The van der Waals surface area contributed by atoms with Gasteiger partial charge in [-0.1, -0.05) is 18.2 Å². The van der Waals surface area contributed by atoms with E-state index < -0.39 is 0 Å². The second-order valence-corrected chi connectivity index (χ2v) is 5.75. The molecule has 0 saturated heterocycles. The Balaban J connectivity index is 1.49. The zero-order valence-corrected chi connectivity index (χ0v) is 11.7. The number of hydrogen-bond donors (Lipinski definition) is 1. The normalized spacial score (nSPS) is 19.5. The van der Waals surface area contributed by atoms with Gasteiger partial charge in [-0.05, 0) is 68.8 Å². The summed E-state index contributed by atoms with van der Waals surface area (Å²) in [4.78, 5) is 0. The van der Waals surface area contributed by atoms with Crippen molar-refractivity contribution in [2.75, 3.05) is 6.54 Å².